The van der Waals surface area contributed by atoms with E-state index in [1.54, 1.807) is 0 Å². The van der Waals surface area contributed by atoms with Crippen LogP contribution in [0.15, 0.2) is 84.9 Å². The van der Waals surface area contributed by atoms with Crippen LogP contribution in [0.3, 0.4) is 0 Å². The molecule has 1 nitrogen and oxygen atoms in total. The Morgan fingerprint density at radius 2 is 1.33 bits per heavy atom. The van der Waals surface area contributed by atoms with Crippen molar-refractivity contribution in [3.63, 3.8) is 0 Å². The van der Waals surface area contributed by atoms with Crippen molar-refractivity contribution in [3.05, 3.63) is 90.5 Å². The molecule has 0 amide bonds. The molecule has 3 aromatic carbocycles. The second kappa shape index (κ2) is 7.12. The van der Waals surface area contributed by atoms with Gasteiger partial charge in [0.05, 0.1) is 0 Å². The molecule has 0 N–H and O–H groups in total. The number of benzene rings is 3. The van der Waals surface area contributed by atoms with Crippen LogP contribution in [-0.2, 0) is 6.61 Å². The Labute approximate surface area is 131 Å². The minimum atomic E-state index is 0.327. The Bertz CT molecular complexity index is 680. The molecule has 0 saturated heterocycles. The Hall–Kier alpha value is -2.02. The van der Waals surface area contributed by atoms with Gasteiger partial charge in [0.25, 0.3) is 0 Å². The first-order valence-corrected chi connectivity index (χ1v) is 8.61. The van der Waals surface area contributed by atoms with E-state index in [1.165, 1.54) is 14.5 Å². The van der Waals surface area contributed by atoms with Gasteiger partial charge in [-0.05, 0) is 0 Å². The Morgan fingerprint density at radius 3 is 2.10 bits per heavy atom. The molecule has 0 aliphatic heterocycles. The summed E-state index contributed by atoms with van der Waals surface area (Å²) < 4.78 is 8.59. The number of ether oxygens (including phenoxy) is 1. The molecule has 2 heteroatoms. The van der Waals surface area contributed by atoms with E-state index >= 15 is 0 Å². The molecule has 0 spiro atoms. The second-order valence-corrected chi connectivity index (χ2v) is 7.07. The quantitative estimate of drug-likeness (QED) is 0.650. The summed E-state index contributed by atoms with van der Waals surface area (Å²) in [5.41, 5.74) is 1.19. The minimum absolute atomic E-state index is 0.327. The van der Waals surface area contributed by atoms with Crippen LogP contribution < -0.4 is 13.7 Å². The molecule has 3 rings (SSSR count). The van der Waals surface area contributed by atoms with Crippen molar-refractivity contribution in [2.75, 3.05) is 0 Å². The van der Waals surface area contributed by atoms with Gasteiger partial charge >= 0.3 is 131 Å². The van der Waals surface area contributed by atoms with Gasteiger partial charge < -0.3 is 0 Å². The number of rotatable bonds is 5. The summed E-state index contributed by atoms with van der Waals surface area (Å²) in [5.74, 6) is 0.939. The average Bonchev–Trinajstić information content (AvgIpc) is 2.55. The van der Waals surface area contributed by atoms with Crippen LogP contribution in [0, 0.1) is 0 Å². The standard InChI is InChI=1S/C19H16OSe/c1-3-8-16(9-4-1)15-20-17-10-7-13-19(14-17)21-18-11-5-2-6-12-18/h1-14H,15H2. The zero-order valence-electron chi connectivity index (χ0n) is 11.6. The predicted molar refractivity (Wildman–Crippen MR) is 88.7 cm³/mol. The Kier molecular flexibility index (Phi) is 4.73. The average molecular weight is 339 g/mol. The SMILES string of the molecule is c1ccc(COc2cccc([Se]c3ccccc3)c2)cc1. The molecule has 0 bridgehead atoms. The van der Waals surface area contributed by atoms with Gasteiger partial charge in [-0.3, -0.25) is 0 Å². The number of hydrogen-bond acceptors (Lipinski definition) is 1. The van der Waals surface area contributed by atoms with E-state index in [4.69, 9.17) is 4.74 Å². The van der Waals surface area contributed by atoms with Crippen LogP contribution >= 0.6 is 0 Å². The molecule has 0 fully saturated rings. The maximum atomic E-state index is 5.88. The summed E-state index contributed by atoms with van der Waals surface area (Å²) in [6.07, 6.45) is 0. The molecule has 0 aromatic heterocycles. The van der Waals surface area contributed by atoms with Gasteiger partial charge in [-0.2, -0.15) is 0 Å². The molecular formula is C19H16OSe. The van der Waals surface area contributed by atoms with Gasteiger partial charge in [-0.25, -0.2) is 0 Å². The summed E-state index contributed by atoms with van der Waals surface area (Å²) in [4.78, 5) is 0. The first-order chi connectivity index (χ1) is 10.4. The zero-order chi connectivity index (χ0) is 14.3. The van der Waals surface area contributed by atoms with E-state index < -0.39 is 0 Å². The first kappa shape index (κ1) is 13.9. The van der Waals surface area contributed by atoms with Crippen LogP contribution in [0.25, 0.3) is 0 Å². The molecule has 0 aliphatic rings. The van der Waals surface area contributed by atoms with Crippen molar-refractivity contribution in [2.45, 2.75) is 6.61 Å². The normalized spacial score (nSPS) is 10.3. The summed E-state index contributed by atoms with van der Waals surface area (Å²) in [6, 6.07) is 29.3. The topological polar surface area (TPSA) is 9.23 Å². The van der Waals surface area contributed by atoms with E-state index in [-0.39, 0.29) is 0 Å². The van der Waals surface area contributed by atoms with E-state index in [0.29, 0.717) is 21.6 Å². The third kappa shape index (κ3) is 4.22. The summed E-state index contributed by atoms with van der Waals surface area (Å²) >= 11 is 0.327. The Morgan fingerprint density at radius 1 is 0.667 bits per heavy atom. The van der Waals surface area contributed by atoms with Crippen LogP contribution in [0.5, 0.6) is 5.75 Å². The molecule has 3 aromatic rings. The van der Waals surface area contributed by atoms with Crippen LogP contribution in [-0.4, -0.2) is 15.0 Å². The number of hydrogen-bond donors (Lipinski definition) is 0. The van der Waals surface area contributed by atoms with Crippen molar-refractivity contribution in [1.29, 1.82) is 0 Å². The van der Waals surface area contributed by atoms with E-state index in [2.05, 4.69) is 60.7 Å². The van der Waals surface area contributed by atoms with Crippen molar-refractivity contribution < 1.29 is 4.74 Å². The van der Waals surface area contributed by atoms with Gasteiger partial charge in [0.1, 0.15) is 0 Å². The predicted octanol–water partition coefficient (Wildman–Crippen LogP) is 2.92. The van der Waals surface area contributed by atoms with Crippen molar-refractivity contribution in [3.8, 4) is 5.75 Å². The van der Waals surface area contributed by atoms with Crippen molar-refractivity contribution >= 4 is 23.9 Å². The molecule has 104 valence electrons. The molecule has 0 unspecified atom stereocenters. The van der Waals surface area contributed by atoms with Gasteiger partial charge in [-0.15, -0.1) is 0 Å². The van der Waals surface area contributed by atoms with Gasteiger partial charge in [0.2, 0.25) is 0 Å². The van der Waals surface area contributed by atoms with E-state index in [9.17, 15) is 0 Å². The first-order valence-electron chi connectivity index (χ1n) is 6.90. The Balaban J connectivity index is 1.66. The molecule has 0 saturated carbocycles. The van der Waals surface area contributed by atoms with Gasteiger partial charge in [-0.1, -0.05) is 0 Å². The van der Waals surface area contributed by atoms with E-state index in [0.717, 1.165) is 5.75 Å². The fourth-order valence-electron chi connectivity index (χ4n) is 1.99. The van der Waals surface area contributed by atoms with Crippen molar-refractivity contribution in [2.24, 2.45) is 0 Å². The summed E-state index contributed by atoms with van der Waals surface area (Å²) in [6.45, 7) is 0.614. The van der Waals surface area contributed by atoms with Gasteiger partial charge in [0.15, 0.2) is 0 Å². The molecule has 0 aliphatic carbocycles. The third-order valence-electron chi connectivity index (χ3n) is 3.03. The van der Waals surface area contributed by atoms with Gasteiger partial charge in [0, 0.05) is 0 Å². The zero-order valence-corrected chi connectivity index (χ0v) is 13.3. The van der Waals surface area contributed by atoms with Crippen LogP contribution in [0.2, 0.25) is 0 Å². The molecular weight excluding hydrogens is 323 g/mol. The second-order valence-electron chi connectivity index (χ2n) is 4.66. The fourth-order valence-corrected chi connectivity index (χ4v) is 3.85. The molecule has 21 heavy (non-hydrogen) atoms. The fraction of sp³-hybridized carbons (Fsp3) is 0.0526. The van der Waals surface area contributed by atoms with E-state index in [1.807, 2.05) is 24.3 Å². The van der Waals surface area contributed by atoms with Crippen LogP contribution in [0.4, 0.5) is 0 Å². The monoisotopic (exact) mass is 340 g/mol. The molecule has 0 heterocycles. The van der Waals surface area contributed by atoms with Crippen LogP contribution in [0.1, 0.15) is 5.56 Å². The summed E-state index contributed by atoms with van der Waals surface area (Å²) in [7, 11) is 0. The molecule has 0 atom stereocenters. The van der Waals surface area contributed by atoms with Crippen molar-refractivity contribution in [1.82, 2.24) is 0 Å². The maximum absolute atomic E-state index is 5.88. The summed E-state index contributed by atoms with van der Waals surface area (Å²) in [5, 5.41) is 0. The third-order valence-corrected chi connectivity index (χ3v) is 5.13. The molecule has 0 radical (unpaired) electrons.